The van der Waals surface area contributed by atoms with E-state index < -0.39 is 0 Å². The van der Waals surface area contributed by atoms with Gasteiger partial charge >= 0.3 is 0 Å². The van der Waals surface area contributed by atoms with Crippen molar-refractivity contribution < 1.29 is 9.84 Å². The van der Waals surface area contributed by atoms with Crippen LogP contribution in [0.25, 0.3) is 0 Å². The second-order valence-corrected chi connectivity index (χ2v) is 7.52. The number of halogens is 1. The minimum absolute atomic E-state index is 0.0334. The normalized spacial score (nSPS) is 20.5. The standard InChI is InChI=1S/C21H16BrN3O2/c22-14-7-8-20-16(10-14)18-11-17(15-5-1-2-6-19(15)26)24-25(18)21(27-20)13-4-3-9-23-12-13/h1-10,12,18,21,26H,11H2/t18-,21+/m0/s1. The Labute approximate surface area is 165 Å². The molecule has 1 aromatic heterocycles. The van der Waals surface area contributed by atoms with Gasteiger partial charge in [-0.15, -0.1) is 0 Å². The number of ether oxygens (including phenoxy) is 1. The van der Waals surface area contributed by atoms with Gasteiger partial charge in [-0.1, -0.05) is 34.1 Å². The molecule has 2 aliphatic heterocycles. The van der Waals surface area contributed by atoms with E-state index in [4.69, 9.17) is 9.84 Å². The molecule has 6 heteroatoms. The van der Waals surface area contributed by atoms with Crippen LogP contribution in [0.4, 0.5) is 0 Å². The van der Waals surface area contributed by atoms with Crippen LogP contribution in [0.2, 0.25) is 0 Å². The molecule has 0 saturated heterocycles. The van der Waals surface area contributed by atoms with Crippen molar-refractivity contribution in [2.24, 2.45) is 5.10 Å². The van der Waals surface area contributed by atoms with Crippen molar-refractivity contribution in [1.82, 2.24) is 9.99 Å². The first-order chi connectivity index (χ1) is 13.2. The number of hydrogen-bond donors (Lipinski definition) is 1. The van der Waals surface area contributed by atoms with Gasteiger partial charge in [0.25, 0.3) is 0 Å². The number of phenols is 1. The Bertz CT molecular complexity index is 1040. The van der Waals surface area contributed by atoms with Crippen LogP contribution in [0, 0.1) is 0 Å². The zero-order valence-electron chi connectivity index (χ0n) is 14.3. The minimum atomic E-state index is -0.360. The lowest BCUT2D eigenvalue weighted by Crippen LogP contribution is -2.33. The molecule has 3 heterocycles. The highest BCUT2D eigenvalue weighted by atomic mass is 79.9. The van der Waals surface area contributed by atoms with Crippen molar-refractivity contribution in [3.8, 4) is 11.5 Å². The largest absolute Gasteiger partial charge is 0.507 e. The number of benzene rings is 2. The van der Waals surface area contributed by atoms with E-state index in [0.29, 0.717) is 6.42 Å². The lowest BCUT2D eigenvalue weighted by atomic mass is 9.96. The van der Waals surface area contributed by atoms with E-state index in [9.17, 15) is 5.11 Å². The molecule has 27 heavy (non-hydrogen) atoms. The van der Waals surface area contributed by atoms with Crippen LogP contribution in [0.1, 0.15) is 35.4 Å². The van der Waals surface area contributed by atoms with E-state index in [1.165, 1.54) is 0 Å². The van der Waals surface area contributed by atoms with E-state index in [1.54, 1.807) is 18.5 Å². The molecule has 0 radical (unpaired) electrons. The van der Waals surface area contributed by atoms with Gasteiger partial charge in [0.2, 0.25) is 6.23 Å². The van der Waals surface area contributed by atoms with Gasteiger partial charge in [0, 0.05) is 40.0 Å². The molecule has 0 saturated carbocycles. The van der Waals surface area contributed by atoms with Crippen LogP contribution in [-0.4, -0.2) is 20.8 Å². The fourth-order valence-corrected chi connectivity index (χ4v) is 4.06. The Kier molecular flexibility index (Phi) is 3.86. The summed E-state index contributed by atoms with van der Waals surface area (Å²) >= 11 is 3.56. The molecular weight excluding hydrogens is 406 g/mol. The second kappa shape index (κ2) is 6.39. The van der Waals surface area contributed by atoms with Gasteiger partial charge in [0.1, 0.15) is 11.5 Å². The number of rotatable bonds is 2. The molecule has 2 aromatic carbocycles. The summed E-state index contributed by atoms with van der Waals surface area (Å²) in [4.78, 5) is 4.23. The van der Waals surface area contributed by atoms with Gasteiger partial charge in [-0.05, 0) is 36.4 Å². The molecule has 0 amide bonds. The molecule has 5 rings (SSSR count). The number of aromatic nitrogens is 1. The molecular formula is C21H16BrN3O2. The molecule has 2 atom stereocenters. The lowest BCUT2D eigenvalue weighted by molar-refractivity contribution is -0.0192. The van der Waals surface area contributed by atoms with Crippen LogP contribution in [-0.2, 0) is 0 Å². The number of fused-ring (bicyclic) bond motifs is 3. The van der Waals surface area contributed by atoms with Crippen molar-refractivity contribution >= 4 is 21.6 Å². The number of phenolic OH excluding ortho intramolecular Hbond substituents is 1. The maximum absolute atomic E-state index is 10.3. The molecule has 1 N–H and O–H groups in total. The van der Waals surface area contributed by atoms with E-state index >= 15 is 0 Å². The first-order valence-corrected chi connectivity index (χ1v) is 9.50. The Morgan fingerprint density at radius 3 is 2.81 bits per heavy atom. The van der Waals surface area contributed by atoms with Crippen molar-refractivity contribution in [2.75, 3.05) is 0 Å². The topological polar surface area (TPSA) is 58.0 Å². The third-order valence-corrected chi connectivity index (χ3v) is 5.43. The summed E-state index contributed by atoms with van der Waals surface area (Å²) in [6.45, 7) is 0. The van der Waals surface area contributed by atoms with Gasteiger partial charge in [-0.25, -0.2) is 5.01 Å². The number of aromatic hydroxyl groups is 1. The summed E-state index contributed by atoms with van der Waals surface area (Å²) in [6.07, 6.45) is 3.89. The van der Waals surface area contributed by atoms with Crippen LogP contribution in [0.5, 0.6) is 11.5 Å². The number of hydrazone groups is 1. The Balaban J connectivity index is 1.63. The SMILES string of the molecule is Oc1ccccc1C1=NN2[C@@H](c3cccnc3)Oc3ccc(Br)cc3[C@@H]2C1. The molecule has 0 fully saturated rings. The predicted molar refractivity (Wildman–Crippen MR) is 106 cm³/mol. The van der Waals surface area contributed by atoms with Crippen LogP contribution in [0.15, 0.2) is 76.6 Å². The molecule has 3 aromatic rings. The highest BCUT2D eigenvalue weighted by molar-refractivity contribution is 9.10. The molecule has 0 bridgehead atoms. The molecule has 5 nitrogen and oxygen atoms in total. The van der Waals surface area contributed by atoms with Crippen LogP contribution >= 0.6 is 15.9 Å². The lowest BCUT2D eigenvalue weighted by Gasteiger charge is -2.38. The number of hydrogen-bond acceptors (Lipinski definition) is 5. The quantitative estimate of drug-likeness (QED) is 0.645. The van der Waals surface area contributed by atoms with Crippen LogP contribution in [0.3, 0.4) is 0 Å². The highest BCUT2D eigenvalue weighted by Crippen LogP contribution is 2.48. The zero-order chi connectivity index (χ0) is 18.4. The average Bonchev–Trinajstić information content (AvgIpc) is 3.14. The van der Waals surface area contributed by atoms with Crippen molar-refractivity contribution in [3.63, 3.8) is 0 Å². The molecule has 0 aliphatic carbocycles. The van der Waals surface area contributed by atoms with Crippen molar-refractivity contribution in [1.29, 1.82) is 0 Å². The number of nitrogens with zero attached hydrogens (tertiary/aromatic N) is 3. The monoisotopic (exact) mass is 421 g/mol. The van der Waals surface area contributed by atoms with Gasteiger partial charge in [0.15, 0.2) is 0 Å². The van der Waals surface area contributed by atoms with E-state index in [-0.39, 0.29) is 18.0 Å². The van der Waals surface area contributed by atoms with Crippen LogP contribution < -0.4 is 4.74 Å². The predicted octanol–water partition coefficient (Wildman–Crippen LogP) is 4.79. The molecule has 0 unspecified atom stereocenters. The summed E-state index contributed by atoms with van der Waals surface area (Å²) in [7, 11) is 0. The first kappa shape index (κ1) is 16.3. The fraction of sp³-hybridized carbons (Fsp3) is 0.143. The van der Waals surface area contributed by atoms with Gasteiger partial charge in [0.05, 0.1) is 11.8 Å². The minimum Gasteiger partial charge on any atom is -0.507 e. The molecule has 0 spiro atoms. The Morgan fingerprint density at radius 2 is 2.00 bits per heavy atom. The third-order valence-electron chi connectivity index (χ3n) is 4.94. The summed E-state index contributed by atoms with van der Waals surface area (Å²) in [6, 6.07) is 17.3. The molecule has 134 valence electrons. The maximum Gasteiger partial charge on any atom is 0.215 e. The highest BCUT2D eigenvalue weighted by Gasteiger charge is 2.41. The van der Waals surface area contributed by atoms with E-state index in [1.807, 2.05) is 47.5 Å². The number of para-hydroxylation sites is 1. The Morgan fingerprint density at radius 1 is 1.11 bits per heavy atom. The molecule has 2 aliphatic rings. The fourth-order valence-electron chi connectivity index (χ4n) is 3.68. The smallest absolute Gasteiger partial charge is 0.215 e. The van der Waals surface area contributed by atoms with Crippen molar-refractivity contribution in [3.05, 3.63) is 88.2 Å². The first-order valence-electron chi connectivity index (χ1n) is 8.71. The third kappa shape index (κ3) is 2.77. The van der Waals surface area contributed by atoms with Gasteiger partial charge < -0.3 is 9.84 Å². The van der Waals surface area contributed by atoms with E-state index in [0.717, 1.165) is 32.6 Å². The summed E-state index contributed by atoms with van der Waals surface area (Å²) < 4.78 is 7.30. The summed E-state index contributed by atoms with van der Waals surface area (Å²) in [5.74, 6) is 1.09. The van der Waals surface area contributed by atoms with Crippen molar-refractivity contribution in [2.45, 2.75) is 18.7 Å². The van der Waals surface area contributed by atoms with E-state index in [2.05, 4.69) is 27.0 Å². The zero-order valence-corrected chi connectivity index (χ0v) is 15.9. The van der Waals surface area contributed by atoms with Gasteiger partial charge in [-0.2, -0.15) is 5.10 Å². The summed E-state index contributed by atoms with van der Waals surface area (Å²) in [5.41, 5.74) is 3.63. The second-order valence-electron chi connectivity index (χ2n) is 6.60. The maximum atomic E-state index is 10.3. The number of pyridine rings is 1. The Hall–Kier alpha value is -2.86. The van der Waals surface area contributed by atoms with Gasteiger partial charge in [-0.3, -0.25) is 4.98 Å². The average molecular weight is 422 g/mol. The summed E-state index contributed by atoms with van der Waals surface area (Å²) in [5, 5.41) is 17.1.